The Labute approximate surface area is 168 Å². The van der Waals surface area contributed by atoms with Crippen molar-refractivity contribution in [1.82, 2.24) is 0 Å². The Bertz CT molecular complexity index is 729. The Morgan fingerprint density at radius 2 is 1.50 bits per heavy atom. The summed E-state index contributed by atoms with van der Waals surface area (Å²) in [6.45, 7) is 6.22. The highest BCUT2D eigenvalue weighted by Gasteiger charge is 2.36. The number of hydrogen-bond acceptors (Lipinski definition) is 4. The maximum absolute atomic E-state index is 6.69. The van der Waals surface area contributed by atoms with Gasteiger partial charge in [0.15, 0.2) is 0 Å². The van der Waals surface area contributed by atoms with Gasteiger partial charge in [-0.1, -0.05) is 18.6 Å². The molecule has 0 radical (unpaired) electrons. The first-order chi connectivity index (χ1) is 13.8. The molecule has 1 saturated carbocycles. The summed E-state index contributed by atoms with van der Waals surface area (Å²) >= 11 is 0. The van der Waals surface area contributed by atoms with Crippen LogP contribution < -0.4 is 14.4 Å². The van der Waals surface area contributed by atoms with E-state index in [-0.39, 0.29) is 5.60 Å². The molecule has 4 rings (SSSR count). The van der Waals surface area contributed by atoms with Crippen molar-refractivity contribution in [3.63, 3.8) is 0 Å². The molecular weight excluding hydrogens is 350 g/mol. The van der Waals surface area contributed by atoms with Crippen LogP contribution in [0.1, 0.15) is 44.6 Å². The van der Waals surface area contributed by atoms with Crippen molar-refractivity contribution in [1.29, 1.82) is 0 Å². The molecule has 150 valence electrons. The lowest BCUT2D eigenvalue weighted by Crippen LogP contribution is -2.36. The average Bonchev–Trinajstić information content (AvgIpc) is 2.76. The van der Waals surface area contributed by atoms with E-state index in [4.69, 9.17) is 14.2 Å². The van der Waals surface area contributed by atoms with Gasteiger partial charge in [-0.3, -0.25) is 0 Å². The van der Waals surface area contributed by atoms with Gasteiger partial charge in [0, 0.05) is 18.8 Å². The summed E-state index contributed by atoms with van der Waals surface area (Å²) in [6.07, 6.45) is 5.83. The highest BCUT2D eigenvalue weighted by molar-refractivity contribution is 5.49. The van der Waals surface area contributed by atoms with E-state index < -0.39 is 0 Å². The molecule has 4 heteroatoms. The van der Waals surface area contributed by atoms with Crippen LogP contribution in [0.2, 0.25) is 0 Å². The van der Waals surface area contributed by atoms with Crippen LogP contribution in [0.25, 0.3) is 0 Å². The molecule has 0 aromatic heterocycles. The summed E-state index contributed by atoms with van der Waals surface area (Å²) in [6, 6.07) is 17.1. The molecular formula is C24H31NO3. The van der Waals surface area contributed by atoms with E-state index in [9.17, 15) is 0 Å². The molecule has 2 aromatic carbocycles. The standard InChI is InChI=1S/C24H31NO3/c1-2-27-22-10-6-20(7-11-22)24(14-4-3-5-15-24)28-23-12-8-21(9-13-23)25-16-18-26-19-17-25/h6-13H,2-5,14-19H2,1H3. The zero-order valence-corrected chi connectivity index (χ0v) is 16.9. The molecule has 2 aliphatic rings. The molecule has 0 N–H and O–H groups in total. The fourth-order valence-electron chi connectivity index (χ4n) is 4.37. The van der Waals surface area contributed by atoms with Gasteiger partial charge in [-0.2, -0.15) is 0 Å². The molecule has 0 amide bonds. The molecule has 4 nitrogen and oxygen atoms in total. The zero-order valence-electron chi connectivity index (χ0n) is 16.9. The van der Waals surface area contributed by atoms with E-state index in [0.29, 0.717) is 6.61 Å². The van der Waals surface area contributed by atoms with Crippen LogP contribution in [0.3, 0.4) is 0 Å². The number of nitrogens with zero attached hydrogens (tertiary/aromatic N) is 1. The van der Waals surface area contributed by atoms with Crippen molar-refractivity contribution in [2.75, 3.05) is 37.8 Å². The lowest BCUT2D eigenvalue weighted by Gasteiger charge is -2.38. The minimum absolute atomic E-state index is 0.233. The highest BCUT2D eigenvalue weighted by atomic mass is 16.5. The van der Waals surface area contributed by atoms with Gasteiger partial charge >= 0.3 is 0 Å². The second kappa shape index (κ2) is 8.87. The Hall–Kier alpha value is -2.20. The number of hydrogen-bond donors (Lipinski definition) is 0. The van der Waals surface area contributed by atoms with Gasteiger partial charge < -0.3 is 19.1 Å². The van der Waals surface area contributed by atoms with Gasteiger partial charge in [-0.15, -0.1) is 0 Å². The van der Waals surface area contributed by atoms with E-state index in [2.05, 4.69) is 53.4 Å². The van der Waals surface area contributed by atoms with Crippen molar-refractivity contribution < 1.29 is 14.2 Å². The smallest absolute Gasteiger partial charge is 0.134 e. The molecule has 0 atom stereocenters. The Kier molecular flexibility index (Phi) is 6.06. The SMILES string of the molecule is CCOc1ccc(C2(Oc3ccc(N4CCOCC4)cc3)CCCCC2)cc1. The summed E-state index contributed by atoms with van der Waals surface area (Å²) in [5.41, 5.74) is 2.27. The van der Waals surface area contributed by atoms with Gasteiger partial charge in [-0.25, -0.2) is 0 Å². The highest BCUT2D eigenvalue weighted by Crippen LogP contribution is 2.42. The predicted octanol–water partition coefficient (Wildman–Crippen LogP) is 5.16. The largest absolute Gasteiger partial charge is 0.494 e. The van der Waals surface area contributed by atoms with Crippen LogP contribution in [-0.4, -0.2) is 32.9 Å². The molecule has 1 saturated heterocycles. The van der Waals surface area contributed by atoms with Crippen LogP contribution in [0.15, 0.2) is 48.5 Å². The number of ether oxygens (including phenoxy) is 3. The van der Waals surface area contributed by atoms with Crippen LogP contribution in [-0.2, 0) is 10.3 Å². The number of morpholine rings is 1. The Morgan fingerprint density at radius 1 is 0.857 bits per heavy atom. The van der Waals surface area contributed by atoms with Gasteiger partial charge in [0.25, 0.3) is 0 Å². The minimum Gasteiger partial charge on any atom is -0.494 e. The molecule has 0 spiro atoms. The van der Waals surface area contributed by atoms with Crippen LogP contribution >= 0.6 is 0 Å². The summed E-state index contributed by atoms with van der Waals surface area (Å²) in [5, 5.41) is 0. The maximum atomic E-state index is 6.69. The van der Waals surface area contributed by atoms with Gasteiger partial charge in [0.2, 0.25) is 0 Å². The molecule has 2 aromatic rings. The second-order valence-electron chi connectivity index (χ2n) is 7.71. The first kappa shape index (κ1) is 19.1. The quantitative estimate of drug-likeness (QED) is 0.691. The molecule has 0 unspecified atom stereocenters. The topological polar surface area (TPSA) is 30.9 Å². The third-order valence-electron chi connectivity index (χ3n) is 5.88. The van der Waals surface area contributed by atoms with E-state index in [1.807, 2.05) is 6.92 Å². The van der Waals surface area contributed by atoms with Crippen molar-refractivity contribution in [3.05, 3.63) is 54.1 Å². The fourth-order valence-corrected chi connectivity index (χ4v) is 4.37. The van der Waals surface area contributed by atoms with Gasteiger partial charge in [0.05, 0.1) is 19.8 Å². The average molecular weight is 382 g/mol. The summed E-state index contributed by atoms with van der Waals surface area (Å²) in [5.74, 6) is 1.87. The molecule has 1 aliphatic carbocycles. The normalized spacial score (nSPS) is 19.2. The van der Waals surface area contributed by atoms with Gasteiger partial charge in [0.1, 0.15) is 17.1 Å². The minimum atomic E-state index is -0.233. The third-order valence-corrected chi connectivity index (χ3v) is 5.88. The van der Waals surface area contributed by atoms with Crippen molar-refractivity contribution in [2.24, 2.45) is 0 Å². The van der Waals surface area contributed by atoms with Crippen LogP contribution in [0.4, 0.5) is 5.69 Å². The Balaban J connectivity index is 1.52. The first-order valence-corrected chi connectivity index (χ1v) is 10.6. The molecule has 0 bridgehead atoms. The lowest BCUT2D eigenvalue weighted by atomic mass is 9.79. The van der Waals surface area contributed by atoms with Crippen LogP contribution in [0, 0.1) is 0 Å². The van der Waals surface area contributed by atoms with E-state index in [1.165, 1.54) is 30.5 Å². The van der Waals surface area contributed by atoms with Gasteiger partial charge in [-0.05, 0) is 74.6 Å². The number of anilines is 1. The van der Waals surface area contributed by atoms with Crippen molar-refractivity contribution in [3.8, 4) is 11.5 Å². The van der Waals surface area contributed by atoms with E-state index in [1.54, 1.807) is 0 Å². The number of benzene rings is 2. The summed E-state index contributed by atoms with van der Waals surface area (Å²) in [4.78, 5) is 2.37. The molecule has 1 heterocycles. The zero-order chi connectivity index (χ0) is 19.2. The fraction of sp³-hybridized carbons (Fsp3) is 0.500. The monoisotopic (exact) mass is 381 g/mol. The molecule has 1 aliphatic heterocycles. The van der Waals surface area contributed by atoms with Crippen LogP contribution in [0.5, 0.6) is 11.5 Å². The second-order valence-corrected chi connectivity index (χ2v) is 7.71. The summed E-state index contributed by atoms with van der Waals surface area (Å²) < 4.78 is 17.8. The number of rotatable bonds is 6. The Morgan fingerprint density at radius 3 is 2.14 bits per heavy atom. The lowest BCUT2D eigenvalue weighted by molar-refractivity contribution is 0.0263. The van der Waals surface area contributed by atoms with Crippen molar-refractivity contribution in [2.45, 2.75) is 44.6 Å². The summed E-state index contributed by atoms with van der Waals surface area (Å²) in [7, 11) is 0. The van der Waals surface area contributed by atoms with Crippen molar-refractivity contribution >= 4 is 5.69 Å². The molecule has 28 heavy (non-hydrogen) atoms. The third kappa shape index (κ3) is 4.27. The molecule has 2 fully saturated rings. The van der Waals surface area contributed by atoms with E-state index >= 15 is 0 Å². The first-order valence-electron chi connectivity index (χ1n) is 10.6. The predicted molar refractivity (Wildman–Crippen MR) is 112 cm³/mol. The van der Waals surface area contributed by atoms with E-state index in [0.717, 1.165) is 50.6 Å². The maximum Gasteiger partial charge on any atom is 0.134 e.